The molecule has 0 spiro atoms. The van der Waals surface area contributed by atoms with Gasteiger partial charge in [0.05, 0.1) is 12.2 Å². The van der Waals surface area contributed by atoms with Crippen LogP contribution in [0.2, 0.25) is 0 Å². The number of esters is 1. The Morgan fingerprint density at radius 1 is 1.12 bits per heavy atom. The van der Waals surface area contributed by atoms with Crippen molar-refractivity contribution in [2.45, 2.75) is 85.7 Å². The van der Waals surface area contributed by atoms with Gasteiger partial charge in [-0.3, -0.25) is 20.0 Å². The van der Waals surface area contributed by atoms with Gasteiger partial charge in [-0.15, -0.1) is 4.41 Å². The fraction of sp³-hybridized carbons (Fsp3) is 0.720. The van der Waals surface area contributed by atoms with Gasteiger partial charge in [-0.05, 0) is 63.5 Å². The molecule has 194 valence electrons. The number of rotatable bonds is 13. The molecule has 0 aliphatic rings. The Labute approximate surface area is 205 Å². The van der Waals surface area contributed by atoms with Gasteiger partial charge in [0, 0.05) is 24.9 Å². The second kappa shape index (κ2) is 13.2. The third-order valence-corrected chi connectivity index (χ3v) is 6.16. The molecule has 8 nitrogen and oxygen atoms in total. The van der Waals surface area contributed by atoms with Crippen molar-refractivity contribution in [3.63, 3.8) is 0 Å². The number of nitrogens with one attached hydrogen (secondary N) is 1. The Hall–Kier alpha value is -2.00. The lowest BCUT2D eigenvalue weighted by Gasteiger charge is -2.27. The van der Waals surface area contributed by atoms with Crippen molar-refractivity contribution in [3.8, 4) is 0 Å². The van der Waals surface area contributed by atoms with Gasteiger partial charge in [0.1, 0.15) is 5.60 Å². The number of amides is 1. The molecule has 34 heavy (non-hydrogen) atoms. The van der Waals surface area contributed by atoms with Gasteiger partial charge < -0.3 is 4.74 Å². The van der Waals surface area contributed by atoms with Crippen molar-refractivity contribution in [1.29, 1.82) is 0 Å². The molecular formula is C25H43N3O5S. The van der Waals surface area contributed by atoms with E-state index in [4.69, 9.17) is 4.74 Å². The maximum absolute atomic E-state index is 13.1. The quantitative estimate of drug-likeness (QED) is 0.322. The molecular weight excluding hydrogens is 454 g/mol. The molecule has 1 N–H and O–H groups in total. The van der Waals surface area contributed by atoms with Crippen LogP contribution in [0.3, 0.4) is 0 Å². The van der Waals surface area contributed by atoms with E-state index >= 15 is 0 Å². The maximum Gasteiger partial charge on any atom is 0.313 e. The van der Waals surface area contributed by atoms with Crippen LogP contribution in [-0.4, -0.2) is 48.1 Å². The first-order valence-electron chi connectivity index (χ1n) is 12.0. The predicted molar refractivity (Wildman–Crippen MR) is 134 cm³/mol. The summed E-state index contributed by atoms with van der Waals surface area (Å²) in [5, 5.41) is 0. The smallest absolute Gasteiger partial charge is 0.313 e. The molecule has 1 unspecified atom stereocenters. The number of nitrogens with zero attached hydrogens (tertiary/aromatic N) is 2. The number of hydrogen-bond acceptors (Lipinski definition) is 6. The third-order valence-electron chi connectivity index (χ3n) is 5.12. The van der Waals surface area contributed by atoms with Crippen molar-refractivity contribution in [1.82, 2.24) is 14.8 Å². The van der Waals surface area contributed by atoms with Gasteiger partial charge in [0.2, 0.25) is 15.9 Å². The lowest BCUT2D eigenvalue weighted by molar-refractivity contribution is -0.157. The average Bonchev–Trinajstić information content (AvgIpc) is 2.67. The molecule has 0 aromatic carbocycles. The van der Waals surface area contributed by atoms with Crippen molar-refractivity contribution in [2.24, 2.45) is 17.8 Å². The minimum Gasteiger partial charge on any atom is -0.459 e. The Balaban J connectivity index is 2.96. The number of carbonyl (C=O) groups is 2. The highest BCUT2D eigenvalue weighted by atomic mass is 32.2. The fourth-order valence-corrected chi connectivity index (χ4v) is 4.50. The Morgan fingerprint density at radius 3 is 2.24 bits per heavy atom. The molecule has 0 radical (unpaired) electrons. The number of sulfonamides is 1. The van der Waals surface area contributed by atoms with E-state index in [2.05, 4.69) is 10.4 Å². The molecule has 0 aliphatic heterocycles. The number of aromatic nitrogens is 1. The van der Waals surface area contributed by atoms with E-state index in [9.17, 15) is 18.0 Å². The van der Waals surface area contributed by atoms with Gasteiger partial charge in [-0.1, -0.05) is 40.2 Å². The fourth-order valence-electron chi connectivity index (χ4n) is 3.68. The molecule has 1 aromatic rings. The Morgan fingerprint density at radius 2 is 1.76 bits per heavy atom. The van der Waals surface area contributed by atoms with Crippen molar-refractivity contribution >= 4 is 21.9 Å². The molecule has 0 bridgehead atoms. The molecule has 1 heterocycles. The van der Waals surface area contributed by atoms with Crippen molar-refractivity contribution in [2.75, 3.05) is 12.8 Å². The van der Waals surface area contributed by atoms with Crippen LogP contribution in [0.15, 0.2) is 24.5 Å². The monoisotopic (exact) mass is 497 g/mol. The standard InChI is InChI=1S/C25H43N3O5S/c1-18(2)15-20(23(29)27-28(17-19(3)4)34(8,31)32)11-9-13-22(21-12-10-14-26-16-21)24(30)33-25(5,6)7/h10,12,14,16,18-20,22H,9,11,13,15,17H2,1-8H3,(H,27,29)/t20-,22?/m0/s1. The highest BCUT2D eigenvalue weighted by Gasteiger charge is 2.29. The van der Waals surface area contributed by atoms with Crippen LogP contribution >= 0.6 is 0 Å². The van der Waals surface area contributed by atoms with Crippen molar-refractivity contribution in [3.05, 3.63) is 30.1 Å². The normalized spacial score (nSPS) is 14.3. The first kappa shape index (κ1) is 30.0. The van der Waals surface area contributed by atoms with Crippen LogP contribution in [0.5, 0.6) is 0 Å². The van der Waals surface area contributed by atoms with Gasteiger partial charge in [-0.2, -0.15) is 0 Å². The first-order chi connectivity index (χ1) is 15.6. The number of hydrogen-bond donors (Lipinski definition) is 1. The topological polar surface area (TPSA) is 106 Å². The molecule has 0 saturated carbocycles. The maximum atomic E-state index is 13.1. The zero-order chi connectivity index (χ0) is 26.1. The number of hydrazine groups is 1. The summed E-state index contributed by atoms with van der Waals surface area (Å²) in [7, 11) is -3.58. The summed E-state index contributed by atoms with van der Waals surface area (Å²) in [6.07, 6.45) is 6.67. The van der Waals surface area contributed by atoms with Gasteiger partial charge >= 0.3 is 5.97 Å². The van der Waals surface area contributed by atoms with E-state index in [1.165, 1.54) is 0 Å². The van der Waals surface area contributed by atoms with E-state index in [1.54, 1.807) is 18.5 Å². The SMILES string of the molecule is CC(C)C[C@H](CCCC(C(=O)OC(C)(C)C)c1cccnc1)C(=O)NN(CC(C)C)S(C)(=O)=O. The summed E-state index contributed by atoms with van der Waals surface area (Å²) in [6, 6.07) is 3.64. The average molecular weight is 498 g/mol. The summed E-state index contributed by atoms with van der Waals surface area (Å²) in [5.74, 6) is -1.16. The minimum absolute atomic E-state index is 0.0626. The molecule has 1 amide bonds. The lowest BCUT2D eigenvalue weighted by atomic mass is 9.88. The summed E-state index contributed by atoms with van der Waals surface area (Å²) >= 11 is 0. The molecule has 1 aromatic heterocycles. The summed E-state index contributed by atoms with van der Waals surface area (Å²) in [4.78, 5) is 30.1. The summed E-state index contributed by atoms with van der Waals surface area (Å²) in [6.45, 7) is 13.6. The Kier molecular flexibility index (Phi) is 11.6. The van der Waals surface area contributed by atoms with E-state index in [-0.39, 0.29) is 36.2 Å². The highest BCUT2D eigenvalue weighted by Crippen LogP contribution is 2.28. The molecule has 9 heteroatoms. The summed E-state index contributed by atoms with van der Waals surface area (Å²) in [5.41, 5.74) is 2.79. The molecule has 0 aliphatic carbocycles. The zero-order valence-corrected chi connectivity index (χ0v) is 22.8. The second-order valence-corrected chi connectivity index (χ2v) is 12.7. The summed E-state index contributed by atoms with van der Waals surface area (Å²) < 4.78 is 31.0. The highest BCUT2D eigenvalue weighted by molar-refractivity contribution is 7.88. The lowest BCUT2D eigenvalue weighted by Crippen LogP contribution is -2.49. The molecule has 0 fully saturated rings. The molecule has 0 saturated heterocycles. The van der Waals surface area contributed by atoms with Crippen LogP contribution in [0.25, 0.3) is 0 Å². The van der Waals surface area contributed by atoms with Crippen LogP contribution in [0.4, 0.5) is 0 Å². The van der Waals surface area contributed by atoms with Gasteiger partial charge in [0.15, 0.2) is 0 Å². The van der Waals surface area contributed by atoms with E-state index in [1.807, 2.05) is 54.5 Å². The number of carbonyl (C=O) groups excluding carboxylic acids is 2. The molecule has 1 rings (SSSR count). The van der Waals surface area contributed by atoms with Crippen LogP contribution in [0, 0.1) is 17.8 Å². The Bertz CT molecular complexity index is 880. The zero-order valence-electron chi connectivity index (χ0n) is 22.0. The van der Waals surface area contributed by atoms with E-state index in [0.29, 0.717) is 25.7 Å². The third kappa shape index (κ3) is 11.4. The first-order valence-corrected chi connectivity index (χ1v) is 13.9. The van der Waals surface area contributed by atoms with Gasteiger partial charge in [-0.25, -0.2) is 8.42 Å². The molecule has 2 atom stereocenters. The van der Waals surface area contributed by atoms with E-state index in [0.717, 1.165) is 16.2 Å². The van der Waals surface area contributed by atoms with Crippen LogP contribution in [-0.2, 0) is 24.3 Å². The van der Waals surface area contributed by atoms with Crippen LogP contribution < -0.4 is 5.43 Å². The van der Waals surface area contributed by atoms with E-state index < -0.39 is 21.5 Å². The number of ether oxygens (including phenoxy) is 1. The van der Waals surface area contributed by atoms with Gasteiger partial charge in [0.25, 0.3) is 0 Å². The number of pyridine rings is 1. The van der Waals surface area contributed by atoms with Crippen molar-refractivity contribution < 1.29 is 22.7 Å². The second-order valence-electron chi connectivity index (χ2n) is 10.8. The predicted octanol–water partition coefficient (Wildman–Crippen LogP) is 4.29. The van der Waals surface area contributed by atoms with Crippen LogP contribution in [0.1, 0.15) is 85.6 Å². The largest absolute Gasteiger partial charge is 0.459 e. The minimum atomic E-state index is -3.58.